The van der Waals surface area contributed by atoms with Crippen LogP contribution in [0, 0.1) is 5.82 Å². The van der Waals surface area contributed by atoms with Crippen molar-refractivity contribution in [2.24, 2.45) is 0 Å². The Balaban J connectivity index is 1.56. The fourth-order valence-corrected chi connectivity index (χ4v) is 3.83. The molecule has 0 saturated carbocycles. The molecule has 0 N–H and O–H groups in total. The third-order valence-electron chi connectivity index (χ3n) is 5.33. The third-order valence-corrected chi connectivity index (χ3v) is 5.33. The minimum atomic E-state index is -0.775. The van der Waals surface area contributed by atoms with Gasteiger partial charge in [-0.3, -0.25) is 9.69 Å². The zero-order valence-electron chi connectivity index (χ0n) is 16.3. The number of benzene rings is 1. The van der Waals surface area contributed by atoms with Gasteiger partial charge in [-0.15, -0.1) is 0 Å². The van der Waals surface area contributed by atoms with Crippen molar-refractivity contribution in [2.75, 3.05) is 36.5 Å². The minimum Gasteiger partial charge on any atom is -0.377 e. The molecule has 2 aromatic rings. The van der Waals surface area contributed by atoms with E-state index in [-0.39, 0.29) is 24.4 Å². The number of likely N-dealkylation sites (tertiary alicyclic amines) is 1. The van der Waals surface area contributed by atoms with E-state index in [2.05, 4.69) is 9.97 Å². The summed E-state index contributed by atoms with van der Waals surface area (Å²) >= 11 is 0. The van der Waals surface area contributed by atoms with Gasteiger partial charge in [0.25, 0.3) is 0 Å². The summed E-state index contributed by atoms with van der Waals surface area (Å²) in [5.74, 6) is 0.819. The van der Waals surface area contributed by atoms with Crippen LogP contribution in [0.1, 0.15) is 24.2 Å². The first-order valence-corrected chi connectivity index (χ1v) is 9.47. The highest BCUT2D eigenvalue weighted by atomic mass is 19.1. The Morgan fingerprint density at radius 2 is 2.17 bits per heavy atom. The van der Waals surface area contributed by atoms with Crippen LogP contribution < -0.4 is 9.80 Å². The Hall–Kier alpha value is -3.07. The number of hydrogen-bond donors (Lipinski definition) is 0. The van der Waals surface area contributed by atoms with Crippen LogP contribution >= 0.6 is 0 Å². The maximum atomic E-state index is 13.5. The second-order valence-corrected chi connectivity index (χ2v) is 7.07. The quantitative estimate of drug-likeness (QED) is 0.717. The van der Waals surface area contributed by atoms with Crippen molar-refractivity contribution in [1.82, 2.24) is 14.9 Å². The van der Waals surface area contributed by atoms with Gasteiger partial charge in [-0.1, -0.05) is 12.1 Å². The van der Waals surface area contributed by atoms with E-state index in [1.54, 1.807) is 29.2 Å². The Morgan fingerprint density at radius 3 is 2.83 bits per heavy atom. The van der Waals surface area contributed by atoms with Gasteiger partial charge in [0.1, 0.15) is 18.1 Å². The minimum absolute atomic E-state index is 0.0778. The SMILES string of the molecule is CCN1c2nc(COC)ncc2N(C(=O)N2CC(c3cccc(F)c3)C2)C1C=O. The van der Waals surface area contributed by atoms with Crippen LogP contribution in [0.4, 0.5) is 20.7 Å². The largest absolute Gasteiger partial charge is 0.377 e. The van der Waals surface area contributed by atoms with Gasteiger partial charge in [0, 0.05) is 32.7 Å². The molecule has 2 aliphatic rings. The van der Waals surface area contributed by atoms with Crippen LogP contribution in [0.2, 0.25) is 0 Å². The molecule has 1 aromatic heterocycles. The fraction of sp³-hybridized carbons (Fsp3) is 0.400. The van der Waals surface area contributed by atoms with Gasteiger partial charge in [0.05, 0.1) is 6.20 Å². The molecule has 2 aliphatic heterocycles. The second kappa shape index (κ2) is 7.75. The molecule has 1 saturated heterocycles. The number of aldehydes is 1. The number of methoxy groups -OCH3 is 1. The molecule has 1 fully saturated rings. The zero-order valence-corrected chi connectivity index (χ0v) is 16.3. The van der Waals surface area contributed by atoms with Crippen LogP contribution in [-0.2, 0) is 16.1 Å². The first-order chi connectivity index (χ1) is 14.1. The van der Waals surface area contributed by atoms with E-state index in [1.807, 2.05) is 13.0 Å². The summed E-state index contributed by atoms with van der Waals surface area (Å²) in [6, 6.07) is 6.14. The molecule has 1 aromatic carbocycles. The highest BCUT2D eigenvalue weighted by Crippen LogP contribution is 2.39. The van der Waals surface area contributed by atoms with Crippen molar-refractivity contribution in [3.8, 4) is 0 Å². The van der Waals surface area contributed by atoms with E-state index in [4.69, 9.17) is 4.74 Å². The average molecular weight is 399 g/mol. The number of halogens is 1. The maximum Gasteiger partial charge on any atom is 0.326 e. The predicted molar refractivity (Wildman–Crippen MR) is 104 cm³/mol. The molecule has 152 valence electrons. The number of hydrogen-bond acceptors (Lipinski definition) is 6. The molecule has 29 heavy (non-hydrogen) atoms. The van der Waals surface area contributed by atoms with Gasteiger partial charge in [-0.05, 0) is 24.6 Å². The Kier molecular flexibility index (Phi) is 5.14. The summed E-state index contributed by atoms with van der Waals surface area (Å²) in [7, 11) is 1.55. The van der Waals surface area contributed by atoms with Crippen LogP contribution in [-0.4, -0.2) is 60.1 Å². The lowest BCUT2D eigenvalue weighted by molar-refractivity contribution is -0.108. The van der Waals surface area contributed by atoms with Crippen molar-refractivity contribution in [3.05, 3.63) is 47.7 Å². The van der Waals surface area contributed by atoms with Crippen molar-refractivity contribution in [3.63, 3.8) is 0 Å². The number of likely N-dealkylation sites (N-methyl/N-ethyl adjacent to an activating group) is 1. The van der Waals surface area contributed by atoms with Crippen molar-refractivity contribution in [1.29, 1.82) is 0 Å². The van der Waals surface area contributed by atoms with E-state index >= 15 is 0 Å². The van der Waals surface area contributed by atoms with Gasteiger partial charge in [0.15, 0.2) is 24.1 Å². The van der Waals surface area contributed by atoms with Crippen LogP contribution in [0.5, 0.6) is 0 Å². The molecule has 0 spiro atoms. The van der Waals surface area contributed by atoms with Gasteiger partial charge in [-0.2, -0.15) is 0 Å². The topological polar surface area (TPSA) is 78.9 Å². The highest BCUT2D eigenvalue weighted by molar-refractivity contribution is 6.03. The molecular formula is C20H22FN5O3. The first kappa shape index (κ1) is 19.3. The molecule has 1 atom stereocenters. The van der Waals surface area contributed by atoms with Crippen molar-refractivity contribution < 1.29 is 18.7 Å². The molecular weight excluding hydrogens is 377 g/mol. The van der Waals surface area contributed by atoms with Gasteiger partial charge in [-0.25, -0.2) is 19.2 Å². The number of rotatable bonds is 5. The molecule has 0 bridgehead atoms. The summed E-state index contributed by atoms with van der Waals surface area (Å²) < 4.78 is 18.5. The number of nitrogens with zero attached hydrogens (tertiary/aromatic N) is 5. The van der Waals surface area contributed by atoms with E-state index in [0.717, 1.165) is 11.8 Å². The number of aromatic nitrogens is 2. The molecule has 0 aliphatic carbocycles. The summed E-state index contributed by atoms with van der Waals surface area (Å²) in [6.45, 7) is 3.58. The molecule has 3 heterocycles. The lowest BCUT2D eigenvalue weighted by atomic mass is 9.92. The molecule has 8 nitrogen and oxygen atoms in total. The number of amides is 2. The smallest absolute Gasteiger partial charge is 0.326 e. The van der Waals surface area contributed by atoms with Gasteiger partial charge >= 0.3 is 6.03 Å². The predicted octanol–water partition coefficient (Wildman–Crippen LogP) is 2.15. The zero-order chi connectivity index (χ0) is 20.5. The number of ether oxygens (including phenoxy) is 1. The monoisotopic (exact) mass is 399 g/mol. The standard InChI is InChI=1S/C20H22FN5O3/c1-3-25-18(11-27)26(16-8-22-17(12-29-2)23-19(16)25)20(28)24-9-14(10-24)13-5-4-6-15(21)7-13/h4-8,11,14,18H,3,9-10,12H2,1-2H3. The van der Waals surface area contributed by atoms with E-state index in [0.29, 0.717) is 37.0 Å². The van der Waals surface area contributed by atoms with Gasteiger partial charge < -0.3 is 14.5 Å². The second-order valence-electron chi connectivity index (χ2n) is 7.07. The summed E-state index contributed by atoms with van der Waals surface area (Å²) in [6.07, 6.45) is 1.52. The fourth-order valence-electron chi connectivity index (χ4n) is 3.83. The molecule has 4 rings (SSSR count). The van der Waals surface area contributed by atoms with E-state index in [9.17, 15) is 14.0 Å². The summed E-state index contributed by atoms with van der Waals surface area (Å²) in [4.78, 5) is 38.6. The number of carbonyl (C=O) groups is 2. The third kappa shape index (κ3) is 3.31. The molecule has 2 amide bonds. The lowest BCUT2D eigenvalue weighted by Crippen LogP contribution is -2.58. The average Bonchev–Trinajstić information content (AvgIpc) is 2.99. The van der Waals surface area contributed by atoms with Gasteiger partial charge in [0.2, 0.25) is 0 Å². The summed E-state index contributed by atoms with van der Waals surface area (Å²) in [5, 5.41) is 0. The summed E-state index contributed by atoms with van der Waals surface area (Å²) in [5.41, 5.74) is 1.37. The number of anilines is 2. The number of fused-ring (bicyclic) bond motifs is 1. The van der Waals surface area contributed by atoms with E-state index < -0.39 is 6.17 Å². The van der Waals surface area contributed by atoms with E-state index in [1.165, 1.54) is 17.0 Å². The Labute approximate surface area is 167 Å². The Morgan fingerprint density at radius 1 is 1.38 bits per heavy atom. The lowest BCUT2D eigenvalue weighted by Gasteiger charge is -2.42. The van der Waals surface area contributed by atoms with Crippen LogP contribution in [0.25, 0.3) is 0 Å². The van der Waals surface area contributed by atoms with Crippen molar-refractivity contribution in [2.45, 2.75) is 25.6 Å². The van der Waals surface area contributed by atoms with Crippen LogP contribution in [0.3, 0.4) is 0 Å². The normalized spacial score (nSPS) is 18.6. The highest BCUT2D eigenvalue weighted by Gasteiger charge is 2.44. The Bertz CT molecular complexity index is 934. The molecule has 0 radical (unpaired) electrons. The van der Waals surface area contributed by atoms with Crippen molar-refractivity contribution >= 4 is 23.8 Å². The number of urea groups is 1. The van der Waals surface area contributed by atoms with Crippen LogP contribution in [0.15, 0.2) is 30.5 Å². The molecule has 1 unspecified atom stereocenters. The molecule has 9 heteroatoms. The number of carbonyl (C=O) groups excluding carboxylic acids is 2. The maximum absolute atomic E-state index is 13.5. The first-order valence-electron chi connectivity index (χ1n) is 9.47.